The van der Waals surface area contributed by atoms with Crippen LogP contribution in [-0.4, -0.2) is 61.4 Å². The third kappa shape index (κ3) is 3.05. The number of rotatable bonds is 5. The van der Waals surface area contributed by atoms with Gasteiger partial charge in [-0.3, -0.25) is 14.5 Å². The topological polar surface area (TPSA) is 52.7 Å². The summed E-state index contributed by atoms with van der Waals surface area (Å²) in [7, 11) is 2.07. The molecule has 0 unspecified atom stereocenters. The molecule has 0 saturated carbocycles. The van der Waals surface area contributed by atoms with Crippen LogP contribution in [0.3, 0.4) is 0 Å². The maximum absolute atomic E-state index is 12.3. The Hall–Kier alpha value is -1.72. The van der Waals surface area contributed by atoms with Gasteiger partial charge in [0.15, 0.2) is 0 Å². The van der Waals surface area contributed by atoms with Gasteiger partial charge in [0.05, 0.1) is 11.1 Å². The number of carbonyl (C=O) groups excluding carboxylic acids is 2. The molecular formula is C17H23N3O2. The highest BCUT2D eigenvalue weighted by Gasteiger charge is 2.34. The molecule has 5 heteroatoms. The summed E-state index contributed by atoms with van der Waals surface area (Å²) in [4.78, 5) is 28.2. The van der Waals surface area contributed by atoms with Crippen molar-refractivity contribution in [3.8, 4) is 0 Å². The van der Waals surface area contributed by atoms with E-state index in [4.69, 9.17) is 0 Å². The molecule has 0 aromatic heterocycles. The van der Waals surface area contributed by atoms with Gasteiger partial charge in [-0.25, -0.2) is 0 Å². The average molecular weight is 301 g/mol. The normalized spacial score (nSPS) is 19.1. The number of likely N-dealkylation sites (N-methyl/N-ethyl adjacent to an activating group) is 1. The van der Waals surface area contributed by atoms with Gasteiger partial charge in [-0.2, -0.15) is 0 Å². The quantitative estimate of drug-likeness (QED) is 0.831. The van der Waals surface area contributed by atoms with Crippen molar-refractivity contribution in [2.75, 3.05) is 39.8 Å². The molecule has 1 saturated heterocycles. The predicted molar refractivity (Wildman–Crippen MR) is 84.9 cm³/mol. The Kier molecular flexibility index (Phi) is 4.55. The first kappa shape index (κ1) is 15.2. The molecular weight excluding hydrogens is 278 g/mol. The molecule has 22 heavy (non-hydrogen) atoms. The van der Waals surface area contributed by atoms with E-state index in [2.05, 4.69) is 17.3 Å². The summed E-state index contributed by atoms with van der Waals surface area (Å²) in [5.74, 6) is 0.403. The van der Waals surface area contributed by atoms with Crippen molar-refractivity contribution in [2.45, 2.75) is 12.8 Å². The molecule has 0 atom stereocenters. The van der Waals surface area contributed by atoms with E-state index in [1.807, 2.05) is 0 Å². The molecule has 2 amide bonds. The Morgan fingerprint density at radius 3 is 2.32 bits per heavy atom. The molecule has 1 N–H and O–H groups in total. The molecule has 5 nitrogen and oxygen atoms in total. The maximum atomic E-state index is 12.3. The van der Waals surface area contributed by atoms with E-state index in [0.29, 0.717) is 23.6 Å². The van der Waals surface area contributed by atoms with Crippen LogP contribution in [-0.2, 0) is 0 Å². The van der Waals surface area contributed by atoms with Gasteiger partial charge in [-0.1, -0.05) is 12.1 Å². The number of fused-ring (bicyclic) bond motifs is 1. The van der Waals surface area contributed by atoms with Crippen LogP contribution in [0.2, 0.25) is 0 Å². The molecule has 1 aromatic carbocycles. The van der Waals surface area contributed by atoms with Crippen molar-refractivity contribution in [3.63, 3.8) is 0 Å². The molecule has 1 aromatic rings. The molecule has 0 radical (unpaired) electrons. The Bertz CT molecular complexity index is 532. The predicted octanol–water partition coefficient (Wildman–Crippen LogP) is 1.21. The Labute approximate surface area is 131 Å². The number of hydrogen-bond acceptors (Lipinski definition) is 4. The standard InChI is InChI=1S/C17H23N3O2/c1-19(12-13-6-8-18-9-7-13)10-11-20-16(21)14-4-2-3-5-15(14)17(20)22/h2-5,13,18H,6-12H2,1H3. The zero-order valence-corrected chi connectivity index (χ0v) is 13.0. The van der Waals surface area contributed by atoms with Crippen molar-refractivity contribution >= 4 is 11.8 Å². The summed E-state index contributed by atoms with van der Waals surface area (Å²) in [6.07, 6.45) is 2.41. The van der Waals surface area contributed by atoms with E-state index in [0.717, 1.165) is 26.2 Å². The summed E-state index contributed by atoms with van der Waals surface area (Å²) in [5.41, 5.74) is 1.07. The number of benzene rings is 1. The lowest BCUT2D eigenvalue weighted by Crippen LogP contribution is -2.40. The summed E-state index contributed by atoms with van der Waals surface area (Å²) in [5, 5.41) is 3.37. The molecule has 0 bridgehead atoms. The minimum atomic E-state index is -0.157. The van der Waals surface area contributed by atoms with Crippen molar-refractivity contribution in [3.05, 3.63) is 35.4 Å². The monoisotopic (exact) mass is 301 g/mol. The summed E-state index contributed by atoms with van der Waals surface area (Å²) in [6, 6.07) is 7.07. The van der Waals surface area contributed by atoms with Crippen molar-refractivity contribution in [1.29, 1.82) is 0 Å². The summed E-state index contributed by atoms with van der Waals surface area (Å²) in [6.45, 7) is 4.42. The molecule has 1 fully saturated rings. The van der Waals surface area contributed by atoms with Crippen molar-refractivity contribution in [2.24, 2.45) is 5.92 Å². The van der Waals surface area contributed by atoms with Gasteiger partial charge in [-0.05, 0) is 51.0 Å². The second-order valence-electron chi connectivity index (χ2n) is 6.26. The fourth-order valence-electron chi connectivity index (χ4n) is 3.31. The Balaban J connectivity index is 1.54. The number of carbonyl (C=O) groups is 2. The van der Waals surface area contributed by atoms with Crippen LogP contribution in [0.15, 0.2) is 24.3 Å². The van der Waals surface area contributed by atoms with E-state index >= 15 is 0 Å². The number of nitrogens with one attached hydrogen (secondary N) is 1. The van der Waals surface area contributed by atoms with Gasteiger partial charge < -0.3 is 10.2 Å². The lowest BCUT2D eigenvalue weighted by molar-refractivity contribution is 0.0637. The van der Waals surface area contributed by atoms with Crippen LogP contribution < -0.4 is 5.32 Å². The van der Waals surface area contributed by atoms with Gasteiger partial charge >= 0.3 is 0 Å². The second kappa shape index (κ2) is 6.58. The van der Waals surface area contributed by atoms with Gasteiger partial charge in [0.25, 0.3) is 11.8 Å². The molecule has 3 rings (SSSR count). The van der Waals surface area contributed by atoms with Crippen LogP contribution >= 0.6 is 0 Å². The lowest BCUT2D eigenvalue weighted by Gasteiger charge is -2.28. The van der Waals surface area contributed by atoms with E-state index in [-0.39, 0.29) is 11.8 Å². The zero-order chi connectivity index (χ0) is 15.5. The zero-order valence-electron chi connectivity index (χ0n) is 13.0. The molecule has 2 aliphatic heterocycles. The van der Waals surface area contributed by atoms with Crippen LogP contribution in [0.4, 0.5) is 0 Å². The average Bonchev–Trinajstić information content (AvgIpc) is 2.78. The fraction of sp³-hybridized carbons (Fsp3) is 0.529. The highest BCUT2D eigenvalue weighted by atomic mass is 16.2. The van der Waals surface area contributed by atoms with Gasteiger partial charge in [0.2, 0.25) is 0 Å². The van der Waals surface area contributed by atoms with Gasteiger partial charge in [0, 0.05) is 19.6 Å². The van der Waals surface area contributed by atoms with Gasteiger partial charge in [0.1, 0.15) is 0 Å². The summed E-state index contributed by atoms with van der Waals surface area (Å²) >= 11 is 0. The SMILES string of the molecule is CN(CCN1C(=O)c2ccccc2C1=O)CC1CCNCC1. The Morgan fingerprint density at radius 2 is 1.73 bits per heavy atom. The first-order valence-electron chi connectivity index (χ1n) is 8.01. The van der Waals surface area contributed by atoms with Crippen molar-refractivity contribution in [1.82, 2.24) is 15.1 Å². The highest BCUT2D eigenvalue weighted by molar-refractivity contribution is 6.21. The van der Waals surface area contributed by atoms with E-state index in [9.17, 15) is 9.59 Å². The largest absolute Gasteiger partial charge is 0.317 e. The second-order valence-corrected chi connectivity index (χ2v) is 6.26. The first-order valence-corrected chi connectivity index (χ1v) is 8.01. The van der Waals surface area contributed by atoms with Crippen LogP contribution in [0.25, 0.3) is 0 Å². The molecule has 0 aliphatic carbocycles. The van der Waals surface area contributed by atoms with Crippen molar-refractivity contribution < 1.29 is 9.59 Å². The number of hydrogen-bond donors (Lipinski definition) is 1. The number of nitrogens with zero attached hydrogens (tertiary/aromatic N) is 2. The lowest BCUT2D eigenvalue weighted by atomic mass is 9.98. The third-order valence-corrected chi connectivity index (χ3v) is 4.61. The number of amides is 2. The smallest absolute Gasteiger partial charge is 0.261 e. The van der Waals surface area contributed by atoms with Crippen LogP contribution in [0.1, 0.15) is 33.6 Å². The third-order valence-electron chi connectivity index (χ3n) is 4.61. The fourth-order valence-corrected chi connectivity index (χ4v) is 3.31. The van der Waals surface area contributed by atoms with E-state index < -0.39 is 0 Å². The van der Waals surface area contributed by atoms with Gasteiger partial charge in [-0.15, -0.1) is 0 Å². The minimum Gasteiger partial charge on any atom is -0.317 e. The summed E-state index contributed by atoms with van der Waals surface area (Å²) < 4.78 is 0. The molecule has 2 aliphatic rings. The number of piperidine rings is 1. The first-order chi connectivity index (χ1) is 10.7. The molecule has 2 heterocycles. The number of imide groups is 1. The van der Waals surface area contributed by atoms with Crippen LogP contribution in [0, 0.1) is 5.92 Å². The molecule has 0 spiro atoms. The molecule has 118 valence electrons. The van der Waals surface area contributed by atoms with Crippen LogP contribution in [0.5, 0.6) is 0 Å². The van der Waals surface area contributed by atoms with E-state index in [1.165, 1.54) is 17.7 Å². The Morgan fingerprint density at radius 1 is 1.14 bits per heavy atom. The highest BCUT2D eigenvalue weighted by Crippen LogP contribution is 2.22. The van der Waals surface area contributed by atoms with E-state index in [1.54, 1.807) is 24.3 Å². The minimum absolute atomic E-state index is 0.157. The maximum Gasteiger partial charge on any atom is 0.261 e.